The SMILES string of the molecule is Cc1ccccc1NC(=O)c1cnc[se]1. The Bertz CT molecular complexity index is 465. The maximum atomic E-state index is 11.7. The third kappa shape index (κ3) is 2.35. The van der Waals surface area contributed by atoms with Crippen LogP contribution in [0.2, 0.25) is 0 Å². The fraction of sp³-hybridized carbons (Fsp3) is 0.0909. The quantitative estimate of drug-likeness (QED) is 0.840. The number of aryl methyl sites for hydroxylation is 1. The zero-order chi connectivity index (χ0) is 10.7. The number of amides is 1. The van der Waals surface area contributed by atoms with Crippen molar-refractivity contribution in [3.8, 4) is 0 Å². The van der Waals surface area contributed by atoms with Crippen LogP contribution in [0.3, 0.4) is 0 Å². The van der Waals surface area contributed by atoms with E-state index in [2.05, 4.69) is 10.3 Å². The van der Waals surface area contributed by atoms with E-state index in [4.69, 9.17) is 0 Å². The molecule has 0 fully saturated rings. The average Bonchev–Trinajstić information content (AvgIpc) is 2.74. The van der Waals surface area contributed by atoms with Crippen molar-refractivity contribution in [1.82, 2.24) is 4.98 Å². The van der Waals surface area contributed by atoms with E-state index in [0.29, 0.717) is 0 Å². The van der Waals surface area contributed by atoms with Gasteiger partial charge in [-0.2, -0.15) is 0 Å². The summed E-state index contributed by atoms with van der Waals surface area (Å²) in [6.07, 6.45) is 1.63. The van der Waals surface area contributed by atoms with Crippen LogP contribution in [0.15, 0.2) is 35.5 Å². The van der Waals surface area contributed by atoms with Gasteiger partial charge in [0.25, 0.3) is 0 Å². The summed E-state index contributed by atoms with van der Waals surface area (Å²) >= 11 is 0.0900. The molecule has 1 aromatic carbocycles. The Kier molecular flexibility index (Phi) is 2.99. The molecule has 1 N–H and O–H groups in total. The monoisotopic (exact) mass is 266 g/mol. The maximum absolute atomic E-state index is 11.7. The summed E-state index contributed by atoms with van der Waals surface area (Å²) in [6, 6.07) is 7.73. The topological polar surface area (TPSA) is 42.0 Å². The van der Waals surface area contributed by atoms with Crippen molar-refractivity contribution in [2.45, 2.75) is 6.92 Å². The number of para-hydroxylation sites is 1. The summed E-state index contributed by atoms with van der Waals surface area (Å²) in [6.45, 7) is 1.97. The molecule has 0 saturated carbocycles. The third-order valence-corrected chi connectivity index (χ3v) is 3.67. The second-order valence-corrected chi connectivity index (χ2v) is 4.99. The van der Waals surface area contributed by atoms with Crippen molar-refractivity contribution in [3.05, 3.63) is 45.5 Å². The Balaban J connectivity index is 2.17. The fourth-order valence-electron chi connectivity index (χ4n) is 1.22. The first-order valence-corrected chi connectivity index (χ1v) is 6.37. The van der Waals surface area contributed by atoms with Gasteiger partial charge in [0.2, 0.25) is 0 Å². The van der Waals surface area contributed by atoms with Gasteiger partial charge in [-0.05, 0) is 0 Å². The number of benzene rings is 1. The second kappa shape index (κ2) is 4.43. The standard InChI is InChI=1S/C11H10N2OSe/c1-8-4-2-3-5-9(8)13-11(14)10-6-12-7-15-10/h2-7H,1H3,(H,13,14). The van der Waals surface area contributed by atoms with Crippen molar-refractivity contribution in [2.24, 2.45) is 0 Å². The Morgan fingerprint density at radius 2 is 2.20 bits per heavy atom. The van der Waals surface area contributed by atoms with E-state index in [1.807, 2.05) is 31.2 Å². The Morgan fingerprint density at radius 3 is 2.87 bits per heavy atom. The summed E-state index contributed by atoms with van der Waals surface area (Å²) in [5.41, 5.74) is 1.93. The molecule has 76 valence electrons. The van der Waals surface area contributed by atoms with E-state index in [9.17, 15) is 4.79 Å². The number of anilines is 1. The van der Waals surface area contributed by atoms with E-state index >= 15 is 0 Å². The summed E-state index contributed by atoms with van der Waals surface area (Å²) in [5, 5.41) is 4.67. The van der Waals surface area contributed by atoms with Gasteiger partial charge in [-0.25, -0.2) is 0 Å². The van der Waals surface area contributed by atoms with Gasteiger partial charge in [0, 0.05) is 0 Å². The van der Waals surface area contributed by atoms with Gasteiger partial charge in [0.15, 0.2) is 0 Å². The van der Waals surface area contributed by atoms with Crippen LogP contribution in [-0.2, 0) is 0 Å². The van der Waals surface area contributed by atoms with Crippen molar-refractivity contribution in [1.29, 1.82) is 0 Å². The first kappa shape index (κ1) is 10.1. The van der Waals surface area contributed by atoms with Gasteiger partial charge in [0.1, 0.15) is 0 Å². The summed E-state index contributed by atoms with van der Waals surface area (Å²) in [5.74, 6) is -0.0400. The van der Waals surface area contributed by atoms with E-state index in [0.717, 1.165) is 15.7 Å². The van der Waals surface area contributed by atoms with Gasteiger partial charge >= 0.3 is 93.7 Å². The van der Waals surface area contributed by atoms with E-state index in [1.54, 1.807) is 11.3 Å². The number of carbonyl (C=O) groups is 1. The minimum absolute atomic E-state index is 0.0400. The van der Waals surface area contributed by atoms with Gasteiger partial charge in [-0.3, -0.25) is 0 Å². The van der Waals surface area contributed by atoms with Crippen molar-refractivity contribution in [2.75, 3.05) is 5.32 Å². The summed E-state index contributed by atoms with van der Waals surface area (Å²) in [7, 11) is 0. The molecule has 2 aromatic rings. The molecule has 0 aliphatic carbocycles. The molecule has 0 bridgehead atoms. The molecule has 2 rings (SSSR count). The molecular weight excluding hydrogens is 255 g/mol. The van der Waals surface area contributed by atoms with Crippen molar-refractivity contribution >= 4 is 26.1 Å². The van der Waals surface area contributed by atoms with Crippen LogP contribution in [0.1, 0.15) is 14.8 Å². The van der Waals surface area contributed by atoms with Gasteiger partial charge in [0.05, 0.1) is 0 Å². The number of nitrogens with one attached hydrogen (secondary N) is 1. The van der Waals surface area contributed by atoms with Crippen molar-refractivity contribution < 1.29 is 4.79 Å². The van der Waals surface area contributed by atoms with Crippen LogP contribution in [0.4, 0.5) is 5.69 Å². The van der Waals surface area contributed by atoms with Crippen LogP contribution < -0.4 is 5.32 Å². The molecular formula is C11H10N2OSe. The molecule has 0 atom stereocenters. The number of hydrogen-bond acceptors (Lipinski definition) is 2. The Labute approximate surface area is 93.9 Å². The molecule has 0 saturated heterocycles. The molecule has 0 spiro atoms. The van der Waals surface area contributed by atoms with Crippen LogP contribution in [0.5, 0.6) is 0 Å². The predicted molar refractivity (Wildman–Crippen MR) is 60.3 cm³/mol. The molecule has 15 heavy (non-hydrogen) atoms. The van der Waals surface area contributed by atoms with E-state index < -0.39 is 0 Å². The number of nitrogens with zero attached hydrogens (tertiary/aromatic N) is 1. The molecule has 1 heterocycles. The average molecular weight is 265 g/mol. The van der Waals surface area contributed by atoms with E-state index in [-0.39, 0.29) is 20.4 Å². The third-order valence-electron chi connectivity index (χ3n) is 2.05. The first-order chi connectivity index (χ1) is 7.27. The summed E-state index contributed by atoms with van der Waals surface area (Å²) < 4.78 is 0.769. The van der Waals surface area contributed by atoms with Gasteiger partial charge in [-0.15, -0.1) is 0 Å². The van der Waals surface area contributed by atoms with Crippen LogP contribution in [0, 0.1) is 6.92 Å². The molecule has 0 aliphatic heterocycles. The van der Waals surface area contributed by atoms with Gasteiger partial charge in [-0.1, -0.05) is 0 Å². The van der Waals surface area contributed by atoms with Crippen molar-refractivity contribution in [3.63, 3.8) is 0 Å². The Morgan fingerprint density at radius 1 is 1.40 bits per heavy atom. The number of rotatable bonds is 2. The zero-order valence-corrected chi connectivity index (χ0v) is 9.94. The molecule has 1 aromatic heterocycles. The molecule has 0 unspecified atom stereocenters. The summed E-state index contributed by atoms with van der Waals surface area (Å²) in [4.78, 5) is 15.7. The zero-order valence-electron chi connectivity index (χ0n) is 8.23. The fourth-order valence-corrected chi connectivity index (χ4v) is 2.31. The molecule has 3 nitrogen and oxygen atoms in total. The second-order valence-electron chi connectivity index (χ2n) is 3.13. The van der Waals surface area contributed by atoms with Crippen LogP contribution in [-0.4, -0.2) is 25.4 Å². The molecule has 4 heteroatoms. The molecule has 1 amide bonds. The van der Waals surface area contributed by atoms with E-state index in [1.165, 1.54) is 0 Å². The number of hydrogen-bond donors (Lipinski definition) is 1. The molecule has 0 aliphatic rings. The number of carbonyl (C=O) groups excluding carboxylic acids is 1. The predicted octanol–water partition coefficient (Wildman–Crippen LogP) is 1.70. The Hall–Kier alpha value is -1.38. The normalized spacial score (nSPS) is 9.93. The van der Waals surface area contributed by atoms with Crippen LogP contribution >= 0.6 is 0 Å². The first-order valence-electron chi connectivity index (χ1n) is 4.53. The minimum atomic E-state index is -0.0400. The molecule has 0 radical (unpaired) electrons. The van der Waals surface area contributed by atoms with Gasteiger partial charge < -0.3 is 0 Å². The van der Waals surface area contributed by atoms with Crippen LogP contribution in [0.25, 0.3) is 0 Å². The number of aromatic nitrogens is 1.